The lowest BCUT2D eigenvalue weighted by Gasteiger charge is -2.57. The highest BCUT2D eigenvalue weighted by molar-refractivity contribution is 6.01. The van der Waals surface area contributed by atoms with E-state index in [1.807, 2.05) is 13.8 Å². The van der Waals surface area contributed by atoms with Crippen LogP contribution in [0, 0.1) is 28.6 Å². The molecule has 0 aliphatic heterocycles. The van der Waals surface area contributed by atoms with E-state index in [4.69, 9.17) is 5.11 Å². The largest absolute Gasteiger partial charge is 0.481 e. The van der Waals surface area contributed by atoms with Gasteiger partial charge in [0.05, 0.1) is 0 Å². The first kappa shape index (κ1) is 19.7. The Labute approximate surface area is 149 Å². The van der Waals surface area contributed by atoms with Crippen LogP contribution in [0.25, 0.3) is 0 Å². The molecule has 5 heteroatoms. The molecule has 140 valence electrons. The summed E-state index contributed by atoms with van der Waals surface area (Å²) >= 11 is 0. The summed E-state index contributed by atoms with van der Waals surface area (Å²) in [4.78, 5) is 34.9. The van der Waals surface area contributed by atoms with Crippen LogP contribution in [0.15, 0.2) is 11.6 Å². The van der Waals surface area contributed by atoms with Crippen LogP contribution >= 0.6 is 0 Å². The monoisotopic (exact) mass is 350 g/mol. The smallest absolute Gasteiger partial charge is 0.332 e. The highest BCUT2D eigenvalue weighted by Crippen LogP contribution is 2.61. The second kappa shape index (κ2) is 6.93. The molecule has 0 radical (unpaired) electrons. The van der Waals surface area contributed by atoms with Crippen LogP contribution in [-0.4, -0.2) is 27.9 Å². The third-order valence-corrected chi connectivity index (χ3v) is 7.04. The van der Waals surface area contributed by atoms with Crippen molar-refractivity contribution in [1.82, 2.24) is 0 Å². The first-order valence-electron chi connectivity index (χ1n) is 9.20. The zero-order valence-corrected chi connectivity index (χ0v) is 15.7. The van der Waals surface area contributed by atoms with Gasteiger partial charge in [0.25, 0.3) is 0 Å². The molecule has 0 saturated heterocycles. The number of hydrogen-bond donors (Lipinski definition) is 2. The highest BCUT2D eigenvalue weighted by atomic mass is 16.4. The maximum absolute atomic E-state index is 12.2. The maximum Gasteiger partial charge on any atom is 0.332 e. The van der Waals surface area contributed by atoms with Crippen molar-refractivity contribution >= 4 is 17.7 Å². The van der Waals surface area contributed by atoms with Crippen molar-refractivity contribution in [3.8, 4) is 0 Å². The second-order valence-electron chi connectivity index (χ2n) is 8.69. The number of rotatable bonds is 6. The van der Waals surface area contributed by atoms with Crippen LogP contribution in [0.4, 0.5) is 0 Å². The third-order valence-electron chi connectivity index (χ3n) is 7.04. The Morgan fingerprint density at radius 3 is 2.52 bits per heavy atom. The summed E-state index contributed by atoms with van der Waals surface area (Å²) in [5.41, 5.74) is -0.396. The van der Waals surface area contributed by atoms with Crippen LogP contribution in [0.1, 0.15) is 66.2 Å². The SMILES string of the molecule is C[C@H](CC[C@]1(C)[C@H](C)CC[C@]2(C)C(C(=O)O)=CC(=O)C[C@H]12)CC(=O)O. The molecule has 25 heavy (non-hydrogen) atoms. The van der Waals surface area contributed by atoms with E-state index in [0.29, 0.717) is 12.3 Å². The molecular formula is C20H30O5. The van der Waals surface area contributed by atoms with Crippen molar-refractivity contribution in [2.24, 2.45) is 28.6 Å². The molecule has 2 aliphatic carbocycles. The lowest BCUT2D eigenvalue weighted by atomic mass is 9.46. The van der Waals surface area contributed by atoms with Crippen LogP contribution in [0.2, 0.25) is 0 Å². The van der Waals surface area contributed by atoms with Crippen LogP contribution in [0.3, 0.4) is 0 Å². The van der Waals surface area contributed by atoms with Gasteiger partial charge in [0.1, 0.15) is 0 Å². The van der Waals surface area contributed by atoms with E-state index in [2.05, 4.69) is 13.8 Å². The molecule has 5 nitrogen and oxygen atoms in total. The van der Waals surface area contributed by atoms with Crippen molar-refractivity contribution in [3.05, 3.63) is 11.6 Å². The van der Waals surface area contributed by atoms with Crippen molar-refractivity contribution in [3.63, 3.8) is 0 Å². The van der Waals surface area contributed by atoms with E-state index in [0.717, 1.165) is 25.7 Å². The van der Waals surface area contributed by atoms with Crippen molar-refractivity contribution < 1.29 is 24.6 Å². The number of hydrogen-bond acceptors (Lipinski definition) is 3. The van der Waals surface area contributed by atoms with E-state index < -0.39 is 17.4 Å². The Morgan fingerprint density at radius 2 is 1.96 bits per heavy atom. The van der Waals surface area contributed by atoms with E-state index in [1.165, 1.54) is 6.08 Å². The maximum atomic E-state index is 12.2. The average Bonchev–Trinajstić information content (AvgIpc) is 2.50. The Bertz CT molecular complexity index is 607. The van der Waals surface area contributed by atoms with Gasteiger partial charge in [-0.25, -0.2) is 4.79 Å². The lowest BCUT2D eigenvalue weighted by molar-refractivity contribution is -0.141. The summed E-state index contributed by atoms with van der Waals surface area (Å²) in [6, 6.07) is 0. The number of fused-ring (bicyclic) bond motifs is 1. The van der Waals surface area contributed by atoms with Gasteiger partial charge in [0, 0.05) is 23.8 Å². The summed E-state index contributed by atoms with van der Waals surface area (Å²) in [6.07, 6.45) is 5.18. The number of allylic oxidation sites excluding steroid dienone is 1. The number of carboxylic acid groups (broad SMARTS) is 2. The topological polar surface area (TPSA) is 91.7 Å². The van der Waals surface area contributed by atoms with Gasteiger partial charge in [0.15, 0.2) is 5.78 Å². The molecule has 5 atom stereocenters. The van der Waals surface area contributed by atoms with E-state index in [1.54, 1.807) is 0 Å². The minimum Gasteiger partial charge on any atom is -0.481 e. The molecule has 2 aliphatic rings. The molecular weight excluding hydrogens is 320 g/mol. The molecule has 0 amide bonds. The Hall–Kier alpha value is -1.65. The molecule has 2 rings (SSSR count). The summed E-state index contributed by atoms with van der Waals surface area (Å²) in [7, 11) is 0. The minimum atomic E-state index is -0.989. The fourth-order valence-electron chi connectivity index (χ4n) is 5.14. The highest BCUT2D eigenvalue weighted by Gasteiger charge is 2.56. The second-order valence-corrected chi connectivity index (χ2v) is 8.69. The Balaban J connectivity index is 2.31. The first-order valence-corrected chi connectivity index (χ1v) is 9.20. The predicted octanol–water partition coefficient (Wildman–Crippen LogP) is 3.92. The van der Waals surface area contributed by atoms with Gasteiger partial charge >= 0.3 is 11.9 Å². The van der Waals surface area contributed by atoms with Gasteiger partial charge in [-0.3, -0.25) is 9.59 Å². The first-order chi connectivity index (χ1) is 11.5. The number of carbonyl (C=O) groups excluding carboxylic acids is 1. The molecule has 0 unspecified atom stereocenters. The third kappa shape index (κ3) is 3.65. The predicted molar refractivity (Wildman–Crippen MR) is 94.1 cm³/mol. The van der Waals surface area contributed by atoms with E-state index >= 15 is 0 Å². The zero-order chi connectivity index (χ0) is 19.0. The van der Waals surface area contributed by atoms with Gasteiger partial charge in [-0.15, -0.1) is 0 Å². The molecule has 0 aromatic carbocycles. The molecule has 0 bridgehead atoms. The normalized spacial score (nSPS) is 36.3. The van der Waals surface area contributed by atoms with Crippen LogP contribution < -0.4 is 0 Å². The average molecular weight is 350 g/mol. The molecule has 1 fully saturated rings. The van der Waals surface area contributed by atoms with Crippen molar-refractivity contribution in [2.75, 3.05) is 0 Å². The van der Waals surface area contributed by atoms with Crippen molar-refractivity contribution in [2.45, 2.75) is 66.2 Å². The molecule has 0 heterocycles. The Kier molecular flexibility index (Phi) is 5.45. The fraction of sp³-hybridized carbons (Fsp3) is 0.750. The summed E-state index contributed by atoms with van der Waals surface area (Å²) in [6.45, 7) is 8.30. The summed E-state index contributed by atoms with van der Waals surface area (Å²) < 4.78 is 0. The number of carbonyl (C=O) groups is 3. The quantitative estimate of drug-likeness (QED) is 0.757. The fourth-order valence-corrected chi connectivity index (χ4v) is 5.14. The van der Waals surface area contributed by atoms with Gasteiger partial charge in [-0.1, -0.05) is 27.7 Å². The van der Waals surface area contributed by atoms with E-state index in [-0.39, 0.29) is 35.0 Å². The van der Waals surface area contributed by atoms with Gasteiger partial charge in [-0.2, -0.15) is 0 Å². The molecule has 2 N–H and O–H groups in total. The number of carboxylic acids is 2. The summed E-state index contributed by atoms with van der Waals surface area (Å²) in [5.74, 6) is -1.44. The van der Waals surface area contributed by atoms with Gasteiger partial charge in [-0.05, 0) is 54.9 Å². The Morgan fingerprint density at radius 1 is 1.32 bits per heavy atom. The molecule has 0 spiro atoms. The van der Waals surface area contributed by atoms with E-state index in [9.17, 15) is 19.5 Å². The van der Waals surface area contributed by atoms with Gasteiger partial charge in [0.2, 0.25) is 0 Å². The lowest BCUT2D eigenvalue weighted by Crippen LogP contribution is -2.52. The minimum absolute atomic E-state index is 0.00984. The number of ketones is 1. The molecule has 1 saturated carbocycles. The van der Waals surface area contributed by atoms with Crippen molar-refractivity contribution in [1.29, 1.82) is 0 Å². The number of aliphatic carboxylic acids is 2. The van der Waals surface area contributed by atoms with Crippen LogP contribution in [-0.2, 0) is 14.4 Å². The summed E-state index contributed by atoms with van der Waals surface area (Å²) in [5, 5.41) is 18.6. The standard InChI is InChI=1S/C20H30O5/c1-12(9-17(22)23)5-7-19(3)13(2)6-8-20(4)15(18(24)25)10-14(21)11-16(19)20/h10,12-13,16H,5-9,11H2,1-4H3,(H,22,23)(H,24,25)/t12-,13-,16-,19-,20-/m1/s1. The zero-order valence-electron chi connectivity index (χ0n) is 15.7. The molecule has 0 aromatic rings. The molecule has 0 aromatic heterocycles. The van der Waals surface area contributed by atoms with Crippen LogP contribution in [0.5, 0.6) is 0 Å². The van der Waals surface area contributed by atoms with Gasteiger partial charge < -0.3 is 10.2 Å².